The van der Waals surface area contributed by atoms with E-state index in [4.69, 9.17) is 4.98 Å². The van der Waals surface area contributed by atoms with Gasteiger partial charge in [-0.3, -0.25) is 14.2 Å². The molecule has 0 aliphatic carbocycles. The van der Waals surface area contributed by atoms with Crippen molar-refractivity contribution >= 4 is 22.8 Å². The molecule has 0 saturated carbocycles. The van der Waals surface area contributed by atoms with Gasteiger partial charge in [0.15, 0.2) is 5.78 Å². The van der Waals surface area contributed by atoms with Gasteiger partial charge in [-0.15, -0.1) is 0 Å². The second-order valence-electron chi connectivity index (χ2n) is 9.37. The molecule has 0 unspecified atom stereocenters. The first-order valence-electron chi connectivity index (χ1n) is 11.0. The van der Waals surface area contributed by atoms with Gasteiger partial charge < -0.3 is 9.88 Å². The third-order valence-corrected chi connectivity index (χ3v) is 6.17. The topological polar surface area (TPSA) is 68.9 Å². The van der Waals surface area contributed by atoms with Crippen LogP contribution in [-0.4, -0.2) is 25.4 Å². The van der Waals surface area contributed by atoms with Crippen molar-refractivity contribution in [3.63, 3.8) is 0 Å². The fourth-order valence-electron chi connectivity index (χ4n) is 4.59. The molecule has 2 heterocycles. The molecule has 0 saturated heterocycles. The molecule has 0 fully saturated rings. The van der Waals surface area contributed by atoms with Crippen molar-refractivity contribution in [2.45, 2.75) is 40.2 Å². The molecule has 2 aromatic carbocycles. The van der Waals surface area contributed by atoms with E-state index in [2.05, 4.69) is 38.2 Å². The standard InChI is InChI=1S/C27H30N4O2/c1-16-13-17(2)21(18(3)14-16)20-15-30(6)24-22(20)25(33)31(7)26(28-24)29-27(4,5)23(32)19-11-9-8-10-12-19/h8-15H,1-7H3,(H,28,29). The van der Waals surface area contributed by atoms with Crippen molar-refractivity contribution in [2.75, 3.05) is 5.32 Å². The Morgan fingerprint density at radius 1 is 1.00 bits per heavy atom. The molecule has 0 spiro atoms. The van der Waals surface area contributed by atoms with E-state index < -0.39 is 5.54 Å². The van der Waals surface area contributed by atoms with Crippen LogP contribution in [-0.2, 0) is 14.1 Å². The molecule has 6 heteroatoms. The molecule has 0 radical (unpaired) electrons. The predicted molar refractivity (Wildman–Crippen MR) is 134 cm³/mol. The molecular weight excluding hydrogens is 412 g/mol. The van der Waals surface area contributed by atoms with E-state index >= 15 is 0 Å². The van der Waals surface area contributed by atoms with Crippen molar-refractivity contribution in [1.29, 1.82) is 0 Å². The number of anilines is 1. The van der Waals surface area contributed by atoms with Gasteiger partial charge in [0.25, 0.3) is 5.56 Å². The number of carbonyl (C=O) groups excluding carboxylic acids is 1. The van der Waals surface area contributed by atoms with E-state index in [1.54, 1.807) is 33.0 Å². The molecule has 0 atom stereocenters. The summed E-state index contributed by atoms with van der Waals surface area (Å²) in [5, 5.41) is 3.79. The Kier molecular flexibility index (Phi) is 5.48. The molecule has 4 rings (SSSR count). The number of aryl methyl sites for hydroxylation is 4. The molecule has 6 nitrogen and oxygen atoms in total. The minimum absolute atomic E-state index is 0.0732. The van der Waals surface area contributed by atoms with Gasteiger partial charge >= 0.3 is 0 Å². The number of ketones is 1. The third-order valence-electron chi connectivity index (χ3n) is 6.17. The van der Waals surface area contributed by atoms with Crippen LogP contribution in [0, 0.1) is 20.8 Å². The quantitative estimate of drug-likeness (QED) is 0.445. The predicted octanol–water partition coefficient (Wildman–Crippen LogP) is 4.94. The minimum Gasteiger partial charge on any atom is -0.343 e. The van der Waals surface area contributed by atoms with Crippen molar-refractivity contribution in [2.24, 2.45) is 14.1 Å². The van der Waals surface area contributed by atoms with E-state index in [0.717, 1.165) is 22.3 Å². The van der Waals surface area contributed by atoms with Gasteiger partial charge in [-0.05, 0) is 51.3 Å². The smallest absolute Gasteiger partial charge is 0.264 e. The fraction of sp³-hybridized carbons (Fsp3) is 0.296. The lowest BCUT2D eigenvalue weighted by molar-refractivity contribution is 0.0926. The highest BCUT2D eigenvalue weighted by Gasteiger charge is 2.30. The average molecular weight is 443 g/mol. The van der Waals surface area contributed by atoms with Gasteiger partial charge in [0.1, 0.15) is 5.65 Å². The van der Waals surface area contributed by atoms with Crippen LogP contribution in [0.5, 0.6) is 0 Å². The van der Waals surface area contributed by atoms with Crippen LogP contribution in [0.1, 0.15) is 40.9 Å². The molecule has 33 heavy (non-hydrogen) atoms. The van der Waals surface area contributed by atoms with Gasteiger partial charge in [0.2, 0.25) is 5.95 Å². The Bertz CT molecular complexity index is 1420. The molecule has 4 aromatic rings. The van der Waals surface area contributed by atoms with Crippen molar-refractivity contribution in [3.8, 4) is 11.1 Å². The maximum Gasteiger partial charge on any atom is 0.264 e. The lowest BCUT2D eigenvalue weighted by atomic mass is 9.93. The number of hydrogen-bond donors (Lipinski definition) is 1. The summed E-state index contributed by atoms with van der Waals surface area (Å²) < 4.78 is 3.37. The molecule has 2 aromatic heterocycles. The zero-order valence-corrected chi connectivity index (χ0v) is 20.3. The summed E-state index contributed by atoms with van der Waals surface area (Å²) in [7, 11) is 3.58. The molecule has 0 aliphatic rings. The highest BCUT2D eigenvalue weighted by Crippen LogP contribution is 2.33. The van der Waals surface area contributed by atoms with Crippen LogP contribution in [0.3, 0.4) is 0 Å². The van der Waals surface area contributed by atoms with Crippen LogP contribution >= 0.6 is 0 Å². The first-order valence-corrected chi connectivity index (χ1v) is 11.0. The summed E-state index contributed by atoms with van der Waals surface area (Å²) >= 11 is 0. The molecule has 0 amide bonds. The second-order valence-corrected chi connectivity index (χ2v) is 9.37. The Labute approximate surface area is 193 Å². The average Bonchev–Trinajstić information content (AvgIpc) is 3.06. The SMILES string of the molecule is Cc1cc(C)c(-c2cn(C)c3nc(NC(C)(C)C(=O)c4ccccc4)n(C)c(=O)c23)c(C)c1. The molecule has 1 N–H and O–H groups in total. The summed E-state index contributed by atoms with van der Waals surface area (Å²) in [6, 6.07) is 13.4. The fourth-order valence-corrected chi connectivity index (χ4v) is 4.59. The first-order chi connectivity index (χ1) is 15.5. The van der Waals surface area contributed by atoms with Crippen LogP contribution in [0.15, 0.2) is 53.5 Å². The van der Waals surface area contributed by atoms with Crippen molar-refractivity contribution < 1.29 is 4.79 Å². The van der Waals surface area contributed by atoms with E-state index in [1.807, 2.05) is 36.0 Å². The lowest BCUT2D eigenvalue weighted by Gasteiger charge is -2.26. The van der Waals surface area contributed by atoms with Crippen molar-refractivity contribution in [3.05, 3.63) is 81.3 Å². The third kappa shape index (κ3) is 3.86. The van der Waals surface area contributed by atoms with Gasteiger partial charge in [0.05, 0.1) is 10.9 Å². The maximum absolute atomic E-state index is 13.6. The van der Waals surface area contributed by atoms with Gasteiger partial charge in [-0.2, -0.15) is 4.98 Å². The van der Waals surface area contributed by atoms with Gasteiger partial charge in [0, 0.05) is 31.4 Å². The first kappa shape index (κ1) is 22.5. The molecule has 0 aliphatic heterocycles. The van der Waals surface area contributed by atoms with Crippen molar-refractivity contribution in [1.82, 2.24) is 14.1 Å². The largest absolute Gasteiger partial charge is 0.343 e. The van der Waals surface area contributed by atoms with Crippen LogP contribution in [0.4, 0.5) is 5.95 Å². The van der Waals surface area contributed by atoms with Gasteiger partial charge in [-0.1, -0.05) is 48.0 Å². The summed E-state index contributed by atoms with van der Waals surface area (Å²) in [4.78, 5) is 31.4. The Hall–Kier alpha value is -3.67. The monoisotopic (exact) mass is 442 g/mol. The number of carbonyl (C=O) groups is 1. The van der Waals surface area contributed by atoms with E-state index in [9.17, 15) is 9.59 Å². The number of fused-ring (bicyclic) bond motifs is 1. The molecule has 170 valence electrons. The normalized spacial score (nSPS) is 11.7. The van der Waals surface area contributed by atoms with E-state index in [-0.39, 0.29) is 11.3 Å². The highest BCUT2D eigenvalue weighted by molar-refractivity contribution is 6.04. The summed E-state index contributed by atoms with van der Waals surface area (Å²) in [6.45, 7) is 9.81. The summed E-state index contributed by atoms with van der Waals surface area (Å²) in [6.07, 6.45) is 1.97. The number of benzene rings is 2. The molecule has 0 bridgehead atoms. The second kappa shape index (κ2) is 8.03. The van der Waals surface area contributed by atoms with E-state index in [1.165, 1.54) is 10.1 Å². The zero-order valence-electron chi connectivity index (χ0n) is 20.3. The Morgan fingerprint density at radius 2 is 1.61 bits per heavy atom. The minimum atomic E-state index is -0.954. The maximum atomic E-state index is 13.6. The van der Waals surface area contributed by atoms with E-state index in [0.29, 0.717) is 22.5 Å². The number of rotatable bonds is 5. The number of nitrogens with one attached hydrogen (secondary N) is 1. The number of nitrogens with zero attached hydrogens (tertiary/aromatic N) is 3. The van der Waals surface area contributed by atoms with Gasteiger partial charge in [-0.25, -0.2) is 0 Å². The van der Waals surface area contributed by atoms with Crippen LogP contribution in [0.2, 0.25) is 0 Å². The van der Waals surface area contributed by atoms with Crippen LogP contribution < -0.4 is 10.9 Å². The van der Waals surface area contributed by atoms with Crippen LogP contribution in [0.25, 0.3) is 22.2 Å². The number of Topliss-reactive ketones (excluding diaryl/α,β-unsaturated/α-hetero) is 1. The summed E-state index contributed by atoms with van der Waals surface area (Å²) in [5.74, 6) is 0.280. The summed E-state index contributed by atoms with van der Waals surface area (Å²) in [5.41, 5.74) is 5.46. The number of aromatic nitrogens is 3. The Morgan fingerprint density at radius 3 is 2.21 bits per heavy atom. The molecular formula is C27H30N4O2. The highest BCUT2D eigenvalue weighted by atomic mass is 16.1. The zero-order chi connectivity index (χ0) is 24.1. The Balaban J connectivity index is 1.85. The number of hydrogen-bond acceptors (Lipinski definition) is 4. The lowest BCUT2D eigenvalue weighted by Crippen LogP contribution is -2.42.